The number of carboxylic acids is 1. The zero-order chi connectivity index (χ0) is 17.3. The molecule has 7 nitrogen and oxygen atoms in total. The van der Waals surface area contributed by atoms with Gasteiger partial charge in [-0.15, -0.1) is 11.3 Å². The number of thiophene rings is 1. The molecule has 0 atom stereocenters. The van der Waals surface area contributed by atoms with Crippen molar-refractivity contribution in [2.45, 2.75) is 51.6 Å². The van der Waals surface area contributed by atoms with E-state index in [4.69, 9.17) is 5.11 Å². The lowest BCUT2D eigenvalue weighted by atomic mass is 9.95. The Balaban J connectivity index is 1.83. The molecule has 2 aromatic rings. The number of aryl methyl sites for hydroxylation is 1. The van der Waals surface area contributed by atoms with Gasteiger partial charge in [-0.25, -0.2) is 9.78 Å². The highest BCUT2D eigenvalue weighted by Gasteiger charge is 2.20. The number of hydrogen-bond donors (Lipinski definition) is 2. The molecule has 0 unspecified atom stereocenters. The average Bonchev–Trinajstić information content (AvgIpc) is 2.89. The van der Waals surface area contributed by atoms with E-state index in [0.717, 1.165) is 37.0 Å². The van der Waals surface area contributed by atoms with Crippen LogP contribution in [0.3, 0.4) is 0 Å². The number of hydrogen-bond acceptors (Lipinski definition) is 5. The molecular weight excluding hydrogens is 330 g/mol. The molecule has 0 radical (unpaired) electrons. The molecule has 0 bridgehead atoms. The van der Waals surface area contributed by atoms with E-state index in [1.807, 2.05) is 0 Å². The number of aromatic nitrogens is 2. The van der Waals surface area contributed by atoms with E-state index in [0.29, 0.717) is 10.4 Å². The van der Waals surface area contributed by atoms with Crippen molar-refractivity contribution in [2.75, 3.05) is 0 Å². The van der Waals surface area contributed by atoms with Gasteiger partial charge >= 0.3 is 5.97 Å². The lowest BCUT2D eigenvalue weighted by Gasteiger charge is -2.22. The number of rotatable bonds is 4. The second-order valence-electron chi connectivity index (χ2n) is 6.12. The van der Waals surface area contributed by atoms with Crippen LogP contribution in [0.1, 0.15) is 47.3 Å². The number of aromatic carboxylic acids is 1. The van der Waals surface area contributed by atoms with E-state index in [9.17, 15) is 14.4 Å². The molecule has 1 aliphatic rings. The Morgan fingerprint density at radius 1 is 1.38 bits per heavy atom. The van der Waals surface area contributed by atoms with Crippen LogP contribution < -0.4 is 10.9 Å². The van der Waals surface area contributed by atoms with Gasteiger partial charge in [0.15, 0.2) is 0 Å². The van der Waals surface area contributed by atoms with E-state index in [2.05, 4.69) is 10.3 Å². The maximum Gasteiger partial charge on any atom is 0.346 e. The molecule has 2 aromatic heterocycles. The SMILES string of the molecule is Cc1c(C(=O)O)sc2ncn(CC(=O)NC3CCCCC3)c(=O)c12. The summed E-state index contributed by atoms with van der Waals surface area (Å²) >= 11 is 0.978. The van der Waals surface area contributed by atoms with E-state index in [1.165, 1.54) is 17.3 Å². The first-order valence-electron chi connectivity index (χ1n) is 7.98. The Kier molecular flexibility index (Phi) is 4.66. The summed E-state index contributed by atoms with van der Waals surface area (Å²) in [5, 5.41) is 12.4. The summed E-state index contributed by atoms with van der Waals surface area (Å²) in [6.45, 7) is 1.49. The van der Waals surface area contributed by atoms with Gasteiger partial charge in [-0.3, -0.25) is 14.2 Å². The Labute approximate surface area is 142 Å². The molecule has 2 N–H and O–H groups in total. The quantitative estimate of drug-likeness (QED) is 0.878. The second kappa shape index (κ2) is 6.72. The van der Waals surface area contributed by atoms with E-state index >= 15 is 0 Å². The van der Waals surface area contributed by atoms with Gasteiger partial charge in [0.05, 0.1) is 11.7 Å². The molecule has 1 saturated carbocycles. The number of nitrogens with zero attached hydrogens (tertiary/aromatic N) is 2. The third-order valence-corrected chi connectivity index (χ3v) is 5.58. The molecule has 0 aliphatic heterocycles. The molecule has 1 aliphatic carbocycles. The van der Waals surface area contributed by atoms with Crippen LogP contribution in [0.2, 0.25) is 0 Å². The molecule has 128 valence electrons. The van der Waals surface area contributed by atoms with Gasteiger partial charge < -0.3 is 10.4 Å². The predicted molar refractivity (Wildman–Crippen MR) is 90.6 cm³/mol. The zero-order valence-electron chi connectivity index (χ0n) is 13.4. The fourth-order valence-electron chi connectivity index (χ4n) is 3.15. The first-order chi connectivity index (χ1) is 11.5. The maximum absolute atomic E-state index is 12.6. The lowest BCUT2D eigenvalue weighted by molar-refractivity contribution is -0.122. The largest absolute Gasteiger partial charge is 0.477 e. The first kappa shape index (κ1) is 16.6. The molecule has 24 heavy (non-hydrogen) atoms. The summed E-state index contributed by atoms with van der Waals surface area (Å²) in [6.07, 6.45) is 6.70. The van der Waals surface area contributed by atoms with E-state index < -0.39 is 5.97 Å². The molecular formula is C16H19N3O4S. The number of nitrogens with one attached hydrogen (secondary N) is 1. The standard InChI is InChI=1S/C16H19N3O4S/c1-9-12-14(24-13(9)16(22)23)17-8-19(15(12)21)7-11(20)18-10-5-3-2-4-6-10/h8,10H,2-7H2,1H3,(H,18,20)(H,22,23). The van der Waals surface area contributed by atoms with Gasteiger partial charge in [0.25, 0.3) is 5.56 Å². The van der Waals surface area contributed by atoms with Crippen molar-refractivity contribution >= 4 is 33.4 Å². The fourth-order valence-corrected chi connectivity index (χ4v) is 4.13. The highest BCUT2D eigenvalue weighted by Crippen LogP contribution is 2.26. The van der Waals surface area contributed by atoms with Crippen LogP contribution in [-0.2, 0) is 11.3 Å². The van der Waals surface area contributed by atoms with Crippen LogP contribution in [0.5, 0.6) is 0 Å². The van der Waals surface area contributed by atoms with Crippen LogP contribution in [0.15, 0.2) is 11.1 Å². The summed E-state index contributed by atoms with van der Waals surface area (Å²) in [4.78, 5) is 40.6. The minimum Gasteiger partial charge on any atom is -0.477 e. The topological polar surface area (TPSA) is 101 Å². The van der Waals surface area contributed by atoms with E-state index in [1.54, 1.807) is 6.92 Å². The van der Waals surface area contributed by atoms with Gasteiger partial charge in [-0.05, 0) is 25.3 Å². The number of carbonyl (C=O) groups is 2. The molecule has 1 amide bonds. The monoisotopic (exact) mass is 349 g/mol. The average molecular weight is 349 g/mol. The van der Waals surface area contributed by atoms with Crippen molar-refractivity contribution in [3.8, 4) is 0 Å². The fraction of sp³-hybridized carbons (Fsp3) is 0.500. The van der Waals surface area contributed by atoms with Gasteiger partial charge in [0.2, 0.25) is 5.91 Å². The molecule has 1 fully saturated rings. The Morgan fingerprint density at radius 3 is 2.75 bits per heavy atom. The number of amides is 1. The van der Waals surface area contributed by atoms with Gasteiger partial charge in [0.1, 0.15) is 16.3 Å². The summed E-state index contributed by atoms with van der Waals surface area (Å²) in [5.74, 6) is -1.28. The lowest BCUT2D eigenvalue weighted by Crippen LogP contribution is -2.39. The van der Waals surface area contributed by atoms with Crippen LogP contribution in [-0.4, -0.2) is 32.6 Å². The summed E-state index contributed by atoms with van der Waals surface area (Å²) < 4.78 is 1.24. The number of fused-ring (bicyclic) bond motifs is 1. The van der Waals surface area contributed by atoms with Crippen LogP contribution in [0.4, 0.5) is 0 Å². The Bertz CT molecular complexity index is 849. The van der Waals surface area contributed by atoms with E-state index in [-0.39, 0.29) is 34.3 Å². The van der Waals surface area contributed by atoms with Crippen molar-refractivity contribution in [3.63, 3.8) is 0 Å². The van der Waals surface area contributed by atoms with Gasteiger partial charge in [-0.1, -0.05) is 19.3 Å². The smallest absolute Gasteiger partial charge is 0.346 e. The number of carbonyl (C=O) groups excluding carboxylic acids is 1. The molecule has 2 heterocycles. The Morgan fingerprint density at radius 2 is 2.08 bits per heavy atom. The van der Waals surface area contributed by atoms with Crippen molar-refractivity contribution < 1.29 is 14.7 Å². The highest BCUT2D eigenvalue weighted by atomic mass is 32.1. The second-order valence-corrected chi connectivity index (χ2v) is 7.12. The first-order valence-corrected chi connectivity index (χ1v) is 8.80. The van der Waals surface area contributed by atoms with Crippen molar-refractivity contribution in [3.05, 3.63) is 27.1 Å². The van der Waals surface area contributed by atoms with Crippen LogP contribution in [0.25, 0.3) is 10.2 Å². The summed E-state index contributed by atoms with van der Waals surface area (Å²) in [5.41, 5.74) is 0.0297. The molecule has 8 heteroatoms. The van der Waals surface area contributed by atoms with Crippen LogP contribution >= 0.6 is 11.3 Å². The summed E-state index contributed by atoms with van der Waals surface area (Å²) in [7, 11) is 0. The van der Waals surface area contributed by atoms with Gasteiger partial charge in [-0.2, -0.15) is 0 Å². The molecule has 0 spiro atoms. The highest BCUT2D eigenvalue weighted by molar-refractivity contribution is 7.20. The maximum atomic E-state index is 12.6. The molecule has 0 saturated heterocycles. The van der Waals surface area contributed by atoms with Crippen molar-refractivity contribution in [1.82, 2.24) is 14.9 Å². The summed E-state index contributed by atoms with van der Waals surface area (Å²) in [6, 6.07) is 0.181. The number of carboxylic acid groups (broad SMARTS) is 1. The van der Waals surface area contributed by atoms with Gasteiger partial charge in [0, 0.05) is 6.04 Å². The third kappa shape index (κ3) is 3.19. The van der Waals surface area contributed by atoms with Crippen molar-refractivity contribution in [2.24, 2.45) is 0 Å². The third-order valence-electron chi connectivity index (χ3n) is 4.40. The molecule has 3 rings (SSSR count). The normalized spacial score (nSPS) is 15.5. The molecule has 0 aromatic carbocycles. The minimum atomic E-state index is -1.07. The minimum absolute atomic E-state index is 0.101. The van der Waals surface area contributed by atoms with Crippen LogP contribution in [0, 0.1) is 6.92 Å². The predicted octanol–water partition coefficient (Wildman–Crippen LogP) is 1.91. The zero-order valence-corrected chi connectivity index (χ0v) is 14.2. The van der Waals surface area contributed by atoms with Crippen molar-refractivity contribution in [1.29, 1.82) is 0 Å². The Hall–Kier alpha value is -2.22.